The topological polar surface area (TPSA) is 189 Å². The zero-order valence-corrected chi connectivity index (χ0v) is 15.2. The minimum atomic E-state index is -5.58. The van der Waals surface area contributed by atoms with Crippen molar-refractivity contribution in [2.45, 2.75) is 30.0 Å². The summed E-state index contributed by atoms with van der Waals surface area (Å²) in [5, 5.41) is 9.89. The van der Waals surface area contributed by atoms with Crippen molar-refractivity contribution in [2.24, 2.45) is 0 Å². The van der Waals surface area contributed by atoms with Crippen molar-refractivity contribution < 1.29 is 56.3 Å². The Labute approximate surface area is 136 Å². The number of alkyl halides is 1. The van der Waals surface area contributed by atoms with Crippen molar-refractivity contribution in [3.05, 3.63) is 0 Å². The Morgan fingerprint density at radius 3 is 2.09 bits per heavy atom. The smallest absolute Gasteiger partial charge is 0.388 e. The number of ether oxygens (including phenoxy) is 1. The molecule has 0 aromatic rings. The molecule has 0 saturated carbocycles. The van der Waals surface area contributed by atoms with Crippen molar-refractivity contribution in [1.29, 1.82) is 0 Å². The second-order valence-electron chi connectivity index (χ2n) is 4.80. The van der Waals surface area contributed by atoms with Gasteiger partial charge in [-0.2, -0.15) is 8.62 Å². The molecule has 0 aromatic carbocycles. The lowest BCUT2D eigenvalue weighted by molar-refractivity contribution is -0.00468. The van der Waals surface area contributed by atoms with Crippen LogP contribution in [0.4, 0.5) is 0 Å². The Balaban J connectivity index is 2.65. The van der Waals surface area contributed by atoms with Crippen LogP contribution >= 0.6 is 35.1 Å². The molecule has 1 fully saturated rings. The quantitative estimate of drug-likeness (QED) is 0.194. The fraction of sp³-hybridized carbons (Fsp3) is 1.00. The normalized spacial score (nSPS) is 37.3. The Kier molecular flexibility index (Phi) is 6.73. The van der Waals surface area contributed by atoms with Crippen molar-refractivity contribution in [1.82, 2.24) is 0 Å². The summed E-state index contributed by atoms with van der Waals surface area (Å²) in [6.07, 6.45) is -2.43. The van der Waals surface area contributed by atoms with E-state index in [-0.39, 0.29) is 0 Å². The highest BCUT2D eigenvalue weighted by Crippen LogP contribution is 2.66. The zero-order chi connectivity index (χ0) is 18.3. The maximum atomic E-state index is 11.5. The number of hydrogen-bond acceptors (Lipinski definition) is 8. The van der Waals surface area contributed by atoms with E-state index in [2.05, 4.69) is 13.1 Å². The first-order chi connectivity index (χ1) is 10.1. The van der Waals surface area contributed by atoms with Crippen LogP contribution in [0.2, 0.25) is 0 Å². The van der Waals surface area contributed by atoms with E-state index in [9.17, 15) is 23.7 Å². The van der Waals surface area contributed by atoms with Crippen LogP contribution in [-0.2, 0) is 31.6 Å². The molecule has 1 heterocycles. The molecule has 2 unspecified atom stereocenters. The number of hydrogen-bond donors (Lipinski definition) is 5. The molecule has 0 bridgehead atoms. The first kappa shape index (κ1) is 21.7. The Morgan fingerprint density at radius 1 is 1.17 bits per heavy atom. The van der Waals surface area contributed by atoms with Crippen molar-refractivity contribution >= 4 is 42.9 Å². The van der Waals surface area contributed by atoms with Gasteiger partial charge in [0.1, 0.15) is 20.1 Å². The highest BCUT2D eigenvalue weighted by Gasteiger charge is 2.50. The summed E-state index contributed by atoms with van der Waals surface area (Å²) in [5.74, 6) is 0. The van der Waals surface area contributed by atoms with Gasteiger partial charge in [0, 0.05) is 6.00 Å². The summed E-state index contributed by atoms with van der Waals surface area (Å²) in [6.45, 7) is 0.715. The van der Waals surface area contributed by atoms with Gasteiger partial charge in [-0.15, -0.1) is 11.6 Å². The molecule has 0 radical (unpaired) electrons. The third-order valence-electron chi connectivity index (χ3n) is 2.92. The standard InChI is InChI=1S/C6H15BClO12P3/c1-6(8)4(9)3(18-5(6)7)2-17-22(13,14)20-23(15,16)19-21(10,11)12/h3-5,9H,2,7H2,1H3,(H,13,14)(H,15,16)(H2,10,11,12)/t3-,4-,5-,6-/m1/s1. The fourth-order valence-electron chi connectivity index (χ4n) is 1.67. The van der Waals surface area contributed by atoms with E-state index in [1.165, 1.54) is 6.92 Å². The van der Waals surface area contributed by atoms with Crippen LogP contribution in [0, 0.1) is 0 Å². The molecule has 5 N–H and O–H groups in total. The van der Waals surface area contributed by atoms with Gasteiger partial charge in [0.05, 0.1) is 11.5 Å². The predicted octanol–water partition coefficient (Wildman–Crippen LogP) is -0.954. The van der Waals surface area contributed by atoms with Crippen LogP contribution < -0.4 is 0 Å². The zero-order valence-electron chi connectivity index (χ0n) is 11.8. The van der Waals surface area contributed by atoms with Crippen LogP contribution in [0.1, 0.15) is 6.92 Å². The molecule has 23 heavy (non-hydrogen) atoms. The minimum Gasteiger partial charge on any atom is -0.388 e. The number of aliphatic hydroxyl groups excluding tert-OH is 1. The lowest BCUT2D eigenvalue weighted by atomic mass is 9.85. The van der Waals surface area contributed by atoms with Crippen LogP contribution in [0.15, 0.2) is 0 Å². The van der Waals surface area contributed by atoms with E-state index in [4.69, 9.17) is 31.0 Å². The molecule has 0 aromatic heterocycles. The summed E-state index contributed by atoms with van der Waals surface area (Å²) in [4.78, 5) is 33.8. The average molecular weight is 418 g/mol. The Hall–Kier alpha value is 0.685. The fourth-order valence-corrected chi connectivity index (χ4v) is 4.90. The monoisotopic (exact) mass is 418 g/mol. The van der Waals surface area contributed by atoms with Crippen LogP contribution in [0.3, 0.4) is 0 Å². The molecule has 6 atom stereocenters. The number of rotatable bonds is 7. The van der Waals surface area contributed by atoms with Gasteiger partial charge in [-0.25, -0.2) is 13.7 Å². The highest BCUT2D eigenvalue weighted by molar-refractivity contribution is 7.66. The van der Waals surface area contributed by atoms with Crippen LogP contribution in [0.25, 0.3) is 0 Å². The van der Waals surface area contributed by atoms with Gasteiger partial charge in [0.25, 0.3) is 0 Å². The van der Waals surface area contributed by atoms with Gasteiger partial charge < -0.3 is 29.4 Å². The maximum absolute atomic E-state index is 11.5. The molecule has 1 aliphatic rings. The van der Waals surface area contributed by atoms with Crippen LogP contribution in [0.5, 0.6) is 0 Å². The number of phosphoric ester groups is 1. The Morgan fingerprint density at radius 2 is 1.70 bits per heavy atom. The van der Waals surface area contributed by atoms with Gasteiger partial charge in [0.2, 0.25) is 0 Å². The molecule has 1 rings (SSSR count). The molecule has 17 heteroatoms. The van der Waals surface area contributed by atoms with Gasteiger partial charge in [-0.3, -0.25) is 4.52 Å². The molecule has 12 nitrogen and oxygen atoms in total. The first-order valence-corrected chi connectivity index (χ1v) is 10.8. The molecular weight excluding hydrogens is 403 g/mol. The first-order valence-electron chi connectivity index (χ1n) is 5.86. The van der Waals surface area contributed by atoms with Gasteiger partial charge >= 0.3 is 23.5 Å². The summed E-state index contributed by atoms with van der Waals surface area (Å²) in [6, 6.07) is -0.631. The van der Waals surface area contributed by atoms with Gasteiger partial charge in [-0.05, 0) is 6.92 Å². The number of halogens is 1. The summed E-state index contributed by atoms with van der Waals surface area (Å²) in [5.41, 5.74) is 0. The summed E-state index contributed by atoms with van der Waals surface area (Å²) >= 11 is 6.01. The summed E-state index contributed by atoms with van der Waals surface area (Å²) in [7, 11) is -14.8. The SMILES string of the molecule is B[C@@H]1O[C@H](COP(=O)(O)OP(=O)(O)OP(=O)(O)O)[C@@H](O)[C@@]1(C)Cl. The van der Waals surface area contributed by atoms with E-state index >= 15 is 0 Å². The average Bonchev–Trinajstić information content (AvgIpc) is 2.45. The molecular formula is C6H15BClO12P3. The van der Waals surface area contributed by atoms with Crippen molar-refractivity contribution in [2.75, 3.05) is 6.61 Å². The Bertz CT molecular complexity index is 577. The molecule has 0 aliphatic carbocycles. The number of aliphatic hydroxyl groups is 1. The lowest BCUT2D eigenvalue weighted by Crippen LogP contribution is -2.41. The predicted molar refractivity (Wildman–Crippen MR) is 77.3 cm³/mol. The summed E-state index contributed by atoms with van der Waals surface area (Å²) < 4.78 is 49.7. The number of phosphoric acid groups is 3. The van der Waals surface area contributed by atoms with Gasteiger partial charge in [-0.1, -0.05) is 0 Å². The van der Waals surface area contributed by atoms with E-state index in [0.717, 1.165) is 0 Å². The molecule has 136 valence electrons. The maximum Gasteiger partial charge on any atom is 0.490 e. The molecule has 1 saturated heterocycles. The second-order valence-corrected chi connectivity index (χ2v) is 10.0. The van der Waals surface area contributed by atoms with Gasteiger partial charge in [0.15, 0.2) is 0 Å². The third kappa shape index (κ3) is 6.49. The third-order valence-corrected chi connectivity index (χ3v) is 7.26. The molecule has 0 amide bonds. The van der Waals surface area contributed by atoms with E-state index in [1.54, 1.807) is 7.85 Å². The van der Waals surface area contributed by atoms with Crippen molar-refractivity contribution in [3.8, 4) is 0 Å². The minimum absolute atomic E-state index is 0.631. The largest absolute Gasteiger partial charge is 0.490 e. The molecule has 0 spiro atoms. The lowest BCUT2D eigenvalue weighted by Gasteiger charge is -2.23. The van der Waals surface area contributed by atoms with E-state index < -0.39 is 53.2 Å². The highest BCUT2D eigenvalue weighted by atomic mass is 35.5. The van der Waals surface area contributed by atoms with E-state index in [0.29, 0.717) is 0 Å². The van der Waals surface area contributed by atoms with Crippen molar-refractivity contribution in [3.63, 3.8) is 0 Å². The van der Waals surface area contributed by atoms with Crippen LogP contribution in [-0.4, -0.2) is 62.2 Å². The molecule has 1 aliphatic heterocycles. The van der Waals surface area contributed by atoms with E-state index in [1.807, 2.05) is 0 Å². The second kappa shape index (κ2) is 7.13.